The van der Waals surface area contributed by atoms with Crippen LogP contribution in [0.1, 0.15) is 19.4 Å². The van der Waals surface area contributed by atoms with E-state index in [2.05, 4.69) is 9.69 Å². The molecule has 1 rings (SSSR count). The first-order chi connectivity index (χ1) is 6.65. The maximum absolute atomic E-state index is 8.77. The minimum absolute atomic E-state index is 0.275. The molecular formula is C9H10ClN3S. The van der Waals surface area contributed by atoms with Crippen molar-refractivity contribution in [1.82, 2.24) is 4.37 Å². The van der Waals surface area contributed by atoms with Gasteiger partial charge in [0.2, 0.25) is 0 Å². The fourth-order valence-electron chi connectivity index (χ4n) is 0.836. The van der Waals surface area contributed by atoms with Gasteiger partial charge in [0.15, 0.2) is 5.15 Å². The van der Waals surface area contributed by atoms with E-state index in [1.807, 2.05) is 26.0 Å². The number of hydrogen-bond acceptors (Lipinski definition) is 4. The van der Waals surface area contributed by atoms with Crippen LogP contribution >= 0.6 is 23.1 Å². The Kier molecular flexibility index (Phi) is 3.93. The highest BCUT2D eigenvalue weighted by atomic mass is 35.5. The molecule has 0 unspecified atom stereocenters. The second-order valence-electron chi connectivity index (χ2n) is 2.95. The summed E-state index contributed by atoms with van der Waals surface area (Å²) in [7, 11) is 0. The first-order valence-corrected chi connectivity index (χ1v) is 5.22. The Morgan fingerprint density at radius 2 is 2.43 bits per heavy atom. The predicted molar refractivity (Wildman–Crippen MR) is 59.8 cm³/mol. The van der Waals surface area contributed by atoms with Crippen molar-refractivity contribution in [3.63, 3.8) is 0 Å². The molecule has 0 aromatic carbocycles. The summed E-state index contributed by atoms with van der Waals surface area (Å²) in [6.07, 6.45) is 2.04. The Morgan fingerprint density at radius 3 is 3.00 bits per heavy atom. The summed E-state index contributed by atoms with van der Waals surface area (Å²) in [6, 6.07) is 2.01. The van der Waals surface area contributed by atoms with E-state index in [4.69, 9.17) is 16.9 Å². The Morgan fingerprint density at radius 1 is 1.71 bits per heavy atom. The molecule has 1 aromatic heterocycles. The van der Waals surface area contributed by atoms with Gasteiger partial charge in [0.05, 0.1) is 0 Å². The molecule has 74 valence electrons. The number of halogens is 1. The van der Waals surface area contributed by atoms with E-state index in [9.17, 15) is 0 Å². The maximum atomic E-state index is 8.77. The summed E-state index contributed by atoms with van der Waals surface area (Å²) in [5.74, 6) is 0. The predicted octanol–water partition coefficient (Wildman–Crippen LogP) is 3.05. The summed E-state index contributed by atoms with van der Waals surface area (Å²) in [6.45, 7) is 4.73. The maximum Gasteiger partial charge on any atom is 0.162 e. The topological polar surface area (TPSA) is 48.7 Å². The molecule has 3 nitrogen and oxygen atoms in total. The lowest BCUT2D eigenvalue weighted by Crippen LogP contribution is -1.98. The van der Waals surface area contributed by atoms with Crippen molar-refractivity contribution in [3.8, 4) is 6.07 Å². The molecule has 1 aromatic rings. The van der Waals surface area contributed by atoms with Crippen LogP contribution < -0.4 is 5.32 Å². The first kappa shape index (κ1) is 11.0. The molecule has 0 atom stereocenters. The van der Waals surface area contributed by atoms with Gasteiger partial charge >= 0.3 is 0 Å². The Bertz CT molecular complexity index is 385. The molecule has 14 heavy (non-hydrogen) atoms. The van der Waals surface area contributed by atoms with Gasteiger partial charge in [0.25, 0.3) is 0 Å². The minimum atomic E-state index is 0.275. The van der Waals surface area contributed by atoms with Crippen LogP contribution in [-0.2, 0) is 0 Å². The molecule has 0 saturated carbocycles. The number of aromatic nitrogens is 1. The fraction of sp³-hybridized carbons (Fsp3) is 0.333. The summed E-state index contributed by atoms with van der Waals surface area (Å²) < 4.78 is 3.89. The van der Waals surface area contributed by atoms with E-state index in [1.54, 1.807) is 0 Å². The van der Waals surface area contributed by atoms with Crippen LogP contribution in [0.15, 0.2) is 11.6 Å². The van der Waals surface area contributed by atoms with Crippen molar-refractivity contribution >= 4 is 28.1 Å². The lowest BCUT2D eigenvalue weighted by molar-refractivity contribution is 1.27. The standard InChI is InChI=1S/C9H10ClN3S/c1-6(2)3-4-12-9-7(5-11)8(10)13-14-9/h3,12H,4H2,1-2H3. The number of allylic oxidation sites excluding steroid dienone is 1. The number of nitrogens with one attached hydrogen (secondary N) is 1. The second kappa shape index (κ2) is 4.99. The minimum Gasteiger partial charge on any atom is -0.371 e. The lowest BCUT2D eigenvalue weighted by Gasteiger charge is -1.98. The molecule has 0 aliphatic carbocycles. The SMILES string of the molecule is CC(C)=CCNc1snc(Cl)c1C#N. The third kappa shape index (κ3) is 2.72. The largest absolute Gasteiger partial charge is 0.371 e. The van der Waals surface area contributed by atoms with Gasteiger partial charge in [-0.3, -0.25) is 0 Å². The molecule has 5 heteroatoms. The van der Waals surface area contributed by atoms with Crippen LogP contribution in [0.4, 0.5) is 5.00 Å². The molecule has 0 radical (unpaired) electrons. The van der Waals surface area contributed by atoms with E-state index in [0.717, 1.165) is 5.00 Å². The van der Waals surface area contributed by atoms with Gasteiger partial charge in [-0.25, -0.2) is 0 Å². The van der Waals surface area contributed by atoms with Gasteiger partial charge in [-0.15, -0.1) is 0 Å². The van der Waals surface area contributed by atoms with Gasteiger partial charge < -0.3 is 5.32 Å². The van der Waals surface area contributed by atoms with Gasteiger partial charge in [0, 0.05) is 6.54 Å². The van der Waals surface area contributed by atoms with E-state index >= 15 is 0 Å². The highest BCUT2D eigenvalue weighted by Gasteiger charge is 2.09. The quantitative estimate of drug-likeness (QED) is 0.808. The Balaban J connectivity index is 2.69. The van der Waals surface area contributed by atoms with Crippen molar-refractivity contribution in [3.05, 3.63) is 22.4 Å². The van der Waals surface area contributed by atoms with Crippen molar-refractivity contribution in [2.45, 2.75) is 13.8 Å². The average molecular weight is 228 g/mol. The molecule has 1 heterocycles. The monoisotopic (exact) mass is 227 g/mol. The summed E-state index contributed by atoms with van der Waals surface area (Å²) in [4.78, 5) is 0. The van der Waals surface area contributed by atoms with Gasteiger partial charge in [-0.05, 0) is 25.4 Å². The molecule has 0 amide bonds. The lowest BCUT2D eigenvalue weighted by atomic mass is 10.3. The third-order valence-electron chi connectivity index (χ3n) is 1.54. The van der Waals surface area contributed by atoms with Crippen LogP contribution in [0.25, 0.3) is 0 Å². The highest BCUT2D eigenvalue weighted by Crippen LogP contribution is 2.27. The van der Waals surface area contributed by atoms with E-state index < -0.39 is 0 Å². The zero-order valence-electron chi connectivity index (χ0n) is 7.97. The van der Waals surface area contributed by atoms with Crippen molar-refractivity contribution in [1.29, 1.82) is 5.26 Å². The molecule has 1 N–H and O–H groups in total. The number of anilines is 1. The van der Waals surface area contributed by atoms with Crippen molar-refractivity contribution in [2.24, 2.45) is 0 Å². The van der Waals surface area contributed by atoms with Crippen molar-refractivity contribution in [2.75, 3.05) is 11.9 Å². The fourth-order valence-corrected chi connectivity index (χ4v) is 1.78. The number of nitriles is 1. The molecule has 0 bridgehead atoms. The number of rotatable bonds is 3. The van der Waals surface area contributed by atoms with E-state index in [-0.39, 0.29) is 5.15 Å². The zero-order chi connectivity index (χ0) is 10.6. The second-order valence-corrected chi connectivity index (χ2v) is 4.08. The molecule has 0 saturated heterocycles. The van der Waals surface area contributed by atoms with Gasteiger partial charge in [-0.2, -0.15) is 9.64 Å². The number of hydrogen-bond donors (Lipinski definition) is 1. The summed E-state index contributed by atoms with van der Waals surface area (Å²) in [5, 5.41) is 12.9. The van der Waals surface area contributed by atoms with Crippen LogP contribution in [0.3, 0.4) is 0 Å². The smallest absolute Gasteiger partial charge is 0.162 e. The average Bonchev–Trinajstić information content (AvgIpc) is 2.46. The third-order valence-corrected chi connectivity index (χ3v) is 2.71. The van der Waals surface area contributed by atoms with Crippen LogP contribution in [0.2, 0.25) is 5.15 Å². The molecular weight excluding hydrogens is 218 g/mol. The summed E-state index contributed by atoms with van der Waals surface area (Å²) in [5.41, 5.74) is 1.66. The Hall–Kier alpha value is -1.05. The van der Waals surface area contributed by atoms with Crippen LogP contribution in [0, 0.1) is 11.3 Å². The van der Waals surface area contributed by atoms with Crippen LogP contribution in [0.5, 0.6) is 0 Å². The van der Waals surface area contributed by atoms with E-state index in [1.165, 1.54) is 17.1 Å². The van der Waals surface area contributed by atoms with Gasteiger partial charge in [-0.1, -0.05) is 23.3 Å². The highest BCUT2D eigenvalue weighted by molar-refractivity contribution is 7.10. The molecule has 0 aliphatic rings. The zero-order valence-corrected chi connectivity index (χ0v) is 9.54. The molecule has 0 fully saturated rings. The van der Waals surface area contributed by atoms with Crippen LogP contribution in [-0.4, -0.2) is 10.9 Å². The molecule has 0 spiro atoms. The summed E-state index contributed by atoms with van der Waals surface area (Å²) >= 11 is 6.92. The normalized spacial score (nSPS) is 9.29. The Labute approximate surface area is 92.2 Å². The van der Waals surface area contributed by atoms with Gasteiger partial charge in [0.1, 0.15) is 16.6 Å². The van der Waals surface area contributed by atoms with E-state index in [0.29, 0.717) is 12.1 Å². The van der Waals surface area contributed by atoms with Crippen molar-refractivity contribution < 1.29 is 0 Å². The first-order valence-electron chi connectivity index (χ1n) is 4.07. The number of nitrogens with zero attached hydrogens (tertiary/aromatic N) is 2. The molecule has 0 aliphatic heterocycles.